The van der Waals surface area contributed by atoms with Gasteiger partial charge in [0, 0.05) is 6.42 Å². The van der Waals surface area contributed by atoms with Crippen LogP contribution in [0.1, 0.15) is 38.6 Å². The summed E-state index contributed by atoms with van der Waals surface area (Å²) in [5, 5.41) is 11.8. The fourth-order valence-electron chi connectivity index (χ4n) is 1.92. The topological polar surface area (TPSA) is 69.6 Å². The van der Waals surface area contributed by atoms with Gasteiger partial charge in [0.25, 0.3) is 0 Å². The van der Waals surface area contributed by atoms with E-state index >= 15 is 0 Å². The van der Waals surface area contributed by atoms with Gasteiger partial charge in [-0.05, 0) is 46.5 Å². The van der Waals surface area contributed by atoms with Crippen LogP contribution >= 0.6 is 0 Å². The van der Waals surface area contributed by atoms with Crippen molar-refractivity contribution in [3.8, 4) is 5.69 Å². The molecule has 0 saturated carbocycles. The number of aryl methyl sites for hydroxylation is 1. The highest BCUT2D eigenvalue weighted by Crippen LogP contribution is 2.23. The summed E-state index contributed by atoms with van der Waals surface area (Å²) in [6, 6.07) is 8.37. The predicted molar refractivity (Wildman–Crippen MR) is 75.2 cm³/mol. The Morgan fingerprint density at radius 2 is 1.84 bits per heavy atom. The number of hydrogen-bond acceptors (Lipinski definition) is 4. The Labute approximate surface area is 113 Å². The summed E-state index contributed by atoms with van der Waals surface area (Å²) in [7, 11) is 0. The lowest BCUT2D eigenvalue weighted by molar-refractivity contribution is 0.590. The average Bonchev–Trinajstić information content (AvgIpc) is 2.83. The first-order chi connectivity index (χ1) is 9.02. The predicted octanol–water partition coefficient (Wildman–Crippen LogP) is 1.85. The molecule has 0 aliphatic heterocycles. The molecule has 0 atom stereocenters. The third-order valence-corrected chi connectivity index (χ3v) is 3.12. The number of tetrazole rings is 1. The number of nitrogens with two attached hydrogens (primary N) is 1. The van der Waals surface area contributed by atoms with Gasteiger partial charge in [-0.1, -0.05) is 32.9 Å². The molecule has 0 radical (unpaired) electrons. The molecule has 102 valence electrons. The fraction of sp³-hybridized carbons (Fsp3) is 0.500. The molecule has 1 aromatic carbocycles. The number of rotatable bonds is 4. The highest BCUT2D eigenvalue weighted by molar-refractivity contribution is 5.36. The molecule has 2 aromatic rings. The van der Waals surface area contributed by atoms with Crippen molar-refractivity contribution in [2.45, 2.75) is 39.0 Å². The molecular weight excluding hydrogens is 238 g/mol. The van der Waals surface area contributed by atoms with E-state index in [9.17, 15) is 0 Å². The molecule has 0 fully saturated rings. The Balaban J connectivity index is 2.25. The van der Waals surface area contributed by atoms with Crippen molar-refractivity contribution in [1.82, 2.24) is 20.2 Å². The van der Waals surface area contributed by atoms with E-state index in [1.165, 1.54) is 5.56 Å². The minimum atomic E-state index is 0.154. The Morgan fingerprint density at radius 3 is 2.42 bits per heavy atom. The minimum absolute atomic E-state index is 0.154. The second-order valence-corrected chi connectivity index (χ2v) is 5.70. The van der Waals surface area contributed by atoms with Gasteiger partial charge in [0.05, 0.1) is 5.69 Å². The van der Waals surface area contributed by atoms with E-state index < -0.39 is 0 Å². The summed E-state index contributed by atoms with van der Waals surface area (Å²) >= 11 is 0. The van der Waals surface area contributed by atoms with E-state index in [2.05, 4.69) is 60.6 Å². The zero-order valence-electron chi connectivity index (χ0n) is 11.8. The van der Waals surface area contributed by atoms with Crippen LogP contribution in [0, 0.1) is 0 Å². The standard InChI is InChI=1S/C14H21N5/c1-14(2,3)11-6-8-12(9-7-11)19-13(5-4-10-15)16-17-18-19/h6-9H,4-5,10,15H2,1-3H3. The molecule has 0 amide bonds. The zero-order chi connectivity index (χ0) is 13.9. The second-order valence-electron chi connectivity index (χ2n) is 5.70. The van der Waals surface area contributed by atoms with Gasteiger partial charge in [0.1, 0.15) is 0 Å². The molecular formula is C14H21N5. The molecule has 1 aromatic heterocycles. The molecule has 0 aliphatic rings. The average molecular weight is 259 g/mol. The van der Waals surface area contributed by atoms with Gasteiger partial charge in [-0.2, -0.15) is 4.68 Å². The molecule has 2 N–H and O–H groups in total. The molecule has 0 saturated heterocycles. The van der Waals surface area contributed by atoms with Crippen molar-refractivity contribution in [2.75, 3.05) is 6.54 Å². The third kappa shape index (κ3) is 3.17. The van der Waals surface area contributed by atoms with Gasteiger partial charge in [0.15, 0.2) is 5.82 Å². The second kappa shape index (κ2) is 5.48. The molecule has 5 heteroatoms. The van der Waals surface area contributed by atoms with Crippen LogP contribution < -0.4 is 5.73 Å². The lowest BCUT2D eigenvalue weighted by Crippen LogP contribution is -2.11. The summed E-state index contributed by atoms with van der Waals surface area (Å²) in [5.41, 5.74) is 7.97. The maximum Gasteiger partial charge on any atom is 0.156 e. The van der Waals surface area contributed by atoms with Crippen LogP contribution in [0.2, 0.25) is 0 Å². The van der Waals surface area contributed by atoms with E-state index in [-0.39, 0.29) is 5.41 Å². The van der Waals surface area contributed by atoms with Crippen LogP contribution in [0.4, 0.5) is 0 Å². The van der Waals surface area contributed by atoms with Gasteiger partial charge >= 0.3 is 0 Å². The van der Waals surface area contributed by atoms with Crippen molar-refractivity contribution in [3.63, 3.8) is 0 Å². The summed E-state index contributed by atoms with van der Waals surface area (Å²) in [6.07, 6.45) is 1.69. The van der Waals surface area contributed by atoms with Crippen molar-refractivity contribution in [1.29, 1.82) is 0 Å². The third-order valence-electron chi connectivity index (χ3n) is 3.12. The molecule has 5 nitrogen and oxygen atoms in total. The van der Waals surface area contributed by atoms with Crippen LogP contribution in [0.25, 0.3) is 5.69 Å². The smallest absolute Gasteiger partial charge is 0.156 e. The van der Waals surface area contributed by atoms with Crippen molar-refractivity contribution >= 4 is 0 Å². The van der Waals surface area contributed by atoms with Gasteiger partial charge < -0.3 is 5.73 Å². The largest absolute Gasteiger partial charge is 0.330 e. The zero-order valence-corrected chi connectivity index (χ0v) is 11.8. The van der Waals surface area contributed by atoms with E-state index in [4.69, 9.17) is 5.73 Å². The first-order valence-corrected chi connectivity index (χ1v) is 6.60. The summed E-state index contributed by atoms with van der Waals surface area (Å²) < 4.78 is 1.78. The molecule has 1 heterocycles. The van der Waals surface area contributed by atoms with Crippen molar-refractivity contribution in [3.05, 3.63) is 35.7 Å². The van der Waals surface area contributed by atoms with Crippen LogP contribution in [-0.4, -0.2) is 26.8 Å². The molecule has 0 bridgehead atoms. The number of nitrogens with zero attached hydrogens (tertiary/aromatic N) is 4. The maximum absolute atomic E-state index is 5.52. The van der Waals surface area contributed by atoms with Gasteiger partial charge in [-0.3, -0.25) is 0 Å². The SMILES string of the molecule is CC(C)(C)c1ccc(-n2nnnc2CCCN)cc1. The summed E-state index contributed by atoms with van der Waals surface area (Å²) in [6.45, 7) is 7.25. The fourth-order valence-corrected chi connectivity index (χ4v) is 1.92. The molecule has 0 aliphatic carbocycles. The number of hydrogen-bond donors (Lipinski definition) is 1. The van der Waals surface area contributed by atoms with E-state index in [1.807, 2.05) is 0 Å². The van der Waals surface area contributed by atoms with Crippen LogP contribution in [0.15, 0.2) is 24.3 Å². The normalized spacial score (nSPS) is 11.8. The summed E-state index contributed by atoms with van der Waals surface area (Å²) in [4.78, 5) is 0. The Kier molecular flexibility index (Phi) is 3.95. The Morgan fingerprint density at radius 1 is 1.16 bits per heavy atom. The Bertz CT molecular complexity index is 522. The quantitative estimate of drug-likeness (QED) is 0.909. The molecule has 19 heavy (non-hydrogen) atoms. The maximum atomic E-state index is 5.52. The van der Waals surface area contributed by atoms with Crippen LogP contribution in [0.5, 0.6) is 0 Å². The van der Waals surface area contributed by atoms with Crippen molar-refractivity contribution in [2.24, 2.45) is 5.73 Å². The van der Waals surface area contributed by atoms with E-state index in [0.717, 1.165) is 24.4 Å². The van der Waals surface area contributed by atoms with Crippen molar-refractivity contribution < 1.29 is 0 Å². The molecule has 2 rings (SSSR count). The van der Waals surface area contributed by atoms with Crippen LogP contribution in [-0.2, 0) is 11.8 Å². The number of benzene rings is 1. The van der Waals surface area contributed by atoms with E-state index in [1.54, 1.807) is 4.68 Å². The highest BCUT2D eigenvalue weighted by atomic mass is 15.5. The lowest BCUT2D eigenvalue weighted by atomic mass is 9.87. The lowest BCUT2D eigenvalue weighted by Gasteiger charge is -2.19. The van der Waals surface area contributed by atoms with Gasteiger partial charge in [-0.25, -0.2) is 0 Å². The minimum Gasteiger partial charge on any atom is -0.330 e. The van der Waals surface area contributed by atoms with Gasteiger partial charge in [0.2, 0.25) is 0 Å². The molecule has 0 unspecified atom stereocenters. The summed E-state index contributed by atoms with van der Waals surface area (Å²) in [5.74, 6) is 0.856. The monoisotopic (exact) mass is 259 g/mol. The molecule has 0 spiro atoms. The van der Waals surface area contributed by atoms with Gasteiger partial charge in [-0.15, -0.1) is 5.10 Å². The first kappa shape index (κ1) is 13.7. The van der Waals surface area contributed by atoms with Crippen LogP contribution in [0.3, 0.4) is 0 Å². The Hall–Kier alpha value is -1.75. The number of aromatic nitrogens is 4. The highest BCUT2D eigenvalue weighted by Gasteiger charge is 2.14. The first-order valence-electron chi connectivity index (χ1n) is 6.60. The van der Waals surface area contributed by atoms with E-state index in [0.29, 0.717) is 6.54 Å².